The summed E-state index contributed by atoms with van der Waals surface area (Å²) >= 11 is 0. The molecule has 0 aromatic heterocycles. The van der Waals surface area contributed by atoms with Crippen molar-refractivity contribution in [1.82, 2.24) is 5.32 Å². The first kappa shape index (κ1) is 61.6. The summed E-state index contributed by atoms with van der Waals surface area (Å²) in [6.07, 6.45) is 62.0. The Morgan fingerprint density at radius 3 is 1.13 bits per heavy atom. The van der Waals surface area contributed by atoms with E-state index in [1.807, 2.05) is 0 Å². The highest BCUT2D eigenvalue weighted by Gasteiger charge is 2.20. The summed E-state index contributed by atoms with van der Waals surface area (Å²) in [5, 5.41) is 23.2. The summed E-state index contributed by atoms with van der Waals surface area (Å²) < 4.78 is 5.48. The number of carbonyl (C=O) groups is 2. The molecule has 374 valence electrons. The van der Waals surface area contributed by atoms with Crippen LogP contribution in [0.1, 0.15) is 316 Å². The number of ether oxygens (including phenoxy) is 1. The molecule has 0 radical (unpaired) electrons. The molecule has 0 aromatic carbocycles. The Bertz CT molecular complexity index is 939. The van der Waals surface area contributed by atoms with E-state index in [4.69, 9.17) is 4.74 Å². The van der Waals surface area contributed by atoms with E-state index < -0.39 is 12.1 Å². The third-order valence-corrected chi connectivity index (χ3v) is 13.3. The van der Waals surface area contributed by atoms with Crippen LogP contribution in [0.3, 0.4) is 0 Å². The molecule has 2 unspecified atom stereocenters. The van der Waals surface area contributed by atoms with Crippen molar-refractivity contribution in [3.8, 4) is 0 Å². The quantitative estimate of drug-likeness (QED) is 0.0321. The van der Waals surface area contributed by atoms with Crippen molar-refractivity contribution in [2.24, 2.45) is 0 Å². The monoisotopic (exact) mass is 890 g/mol. The second-order valence-electron chi connectivity index (χ2n) is 19.6. The molecule has 0 saturated carbocycles. The van der Waals surface area contributed by atoms with Gasteiger partial charge in [-0.2, -0.15) is 0 Å². The van der Waals surface area contributed by atoms with Gasteiger partial charge in [0.15, 0.2) is 0 Å². The molecular formula is C57H111NO5. The molecule has 0 rings (SSSR count). The molecule has 6 heteroatoms. The number of nitrogens with one attached hydrogen (secondary N) is 1. The van der Waals surface area contributed by atoms with Crippen LogP contribution in [0.25, 0.3) is 0 Å². The topological polar surface area (TPSA) is 95.9 Å². The highest BCUT2D eigenvalue weighted by Crippen LogP contribution is 2.17. The summed E-state index contributed by atoms with van der Waals surface area (Å²) in [4.78, 5) is 24.5. The fourth-order valence-corrected chi connectivity index (χ4v) is 8.93. The predicted molar refractivity (Wildman–Crippen MR) is 273 cm³/mol. The summed E-state index contributed by atoms with van der Waals surface area (Å²) in [7, 11) is 0. The first-order valence-electron chi connectivity index (χ1n) is 28.4. The van der Waals surface area contributed by atoms with Gasteiger partial charge in [0.05, 0.1) is 25.4 Å². The van der Waals surface area contributed by atoms with Gasteiger partial charge in [-0.1, -0.05) is 264 Å². The molecule has 6 nitrogen and oxygen atoms in total. The zero-order chi connectivity index (χ0) is 45.8. The molecule has 3 N–H and O–H groups in total. The molecule has 63 heavy (non-hydrogen) atoms. The normalized spacial score (nSPS) is 12.6. The fourth-order valence-electron chi connectivity index (χ4n) is 8.93. The Labute approximate surface area is 393 Å². The van der Waals surface area contributed by atoms with E-state index in [0.717, 1.165) is 44.9 Å². The number of aliphatic hydroxyl groups is 2. The van der Waals surface area contributed by atoms with E-state index in [9.17, 15) is 19.8 Å². The Morgan fingerprint density at radius 1 is 0.429 bits per heavy atom. The minimum atomic E-state index is -0.665. The van der Waals surface area contributed by atoms with Crippen LogP contribution >= 0.6 is 0 Å². The van der Waals surface area contributed by atoms with Crippen LogP contribution in [-0.4, -0.2) is 47.4 Å². The lowest BCUT2D eigenvalue weighted by atomic mass is 10.0. The maximum atomic E-state index is 12.4. The number of rotatable bonds is 53. The minimum Gasteiger partial charge on any atom is -0.466 e. The van der Waals surface area contributed by atoms with Crippen LogP contribution in [0.5, 0.6) is 0 Å². The minimum absolute atomic E-state index is 0.00434. The number of allylic oxidation sites excluding steroid dienone is 2. The molecule has 0 saturated heterocycles. The van der Waals surface area contributed by atoms with Gasteiger partial charge in [-0.15, -0.1) is 0 Å². The van der Waals surface area contributed by atoms with Gasteiger partial charge in [0.1, 0.15) is 0 Å². The van der Waals surface area contributed by atoms with E-state index in [1.165, 1.54) is 238 Å². The van der Waals surface area contributed by atoms with Crippen molar-refractivity contribution in [3.05, 3.63) is 12.2 Å². The Balaban J connectivity index is 3.37. The number of hydrogen-bond acceptors (Lipinski definition) is 5. The van der Waals surface area contributed by atoms with E-state index in [-0.39, 0.29) is 18.5 Å². The lowest BCUT2D eigenvalue weighted by molar-refractivity contribution is -0.143. The average Bonchev–Trinajstić information content (AvgIpc) is 3.28. The zero-order valence-corrected chi connectivity index (χ0v) is 42.6. The van der Waals surface area contributed by atoms with Crippen LogP contribution in [-0.2, 0) is 14.3 Å². The highest BCUT2D eigenvalue weighted by atomic mass is 16.5. The van der Waals surface area contributed by atoms with Gasteiger partial charge in [-0.3, -0.25) is 9.59 Å². The lowest BCUT2D eigenvalue weighted by Crippen LogP contribution is -2.45. The lowest BCUT2D eigenvalue weighted by Gasteiger charge is -2.22. The van der Waals surface area contributed by atoms with Crippen LogP contribution in [0.4, 0.5) is 0 Å². The highest BCUT2D eigenvalue weighted by molar-refractivity contribution is 5.76. The summed E-state index contributed by atoms with van der Waals surface area (Å²) in [5.74, 6) is -0.0347. The third-order valence-electron chi connectivity index (χ3n) is 13.3. The first-order valence-corrected chi connectivity index (χ1v) is 28.4. The van der Waals surface area contributed by atoms with Gasteiger partial charge in [-0.05, 0) is 51.4 Å². The van der Waals surface area contributed by atoms with Gasteiger partial charge in [0.25, 0.3) is 0 Å². The molecule has 1 amide bonds. The standard InChI is InChI=1S/C57H111NO5/c1-3-5-7-9-11-13-15-16-17-20-24-27-31-35-39-43-47-51-57(62)63-52-48-44-40-36-32-28-25-22-19-18-21-23-26-30-34-38-42-46-50-56(61)58-54(53-59)55(60)49-45-41-37-33-29-14-12-10-8-6-4-2/h16-17,54-55,59-60H,3-15,18-53H2,1-2H3,(H,58,61)/b17-16-. The molecule has 0 heterocycles. The van der Waals surface area contributed by atoms with E-state index >= 15 is 0 Å². The summed E-state index contributed by atoms with van der Waals surface area (Å²) in [5.41, 5.74) is 0. The molecule has 0 bridgehead atoms. The maximum absolute atomic E-state index is 12.4. The maximum Gasteiger partial charge on any atom is 0.305 e. The first-order chi connectivity index (χ1) is 31.0. The number of esters is 1. The molecular weight excluding hydrogens is 779 g/mol. The number of aliphatic hydroxyl groups excluding tert-OH is 2. The van der Waals surface area contributed by atoms with Crippen molar-refractivity contribution in [2.45, 2.75) is 328 Å². The largest absolute Gasteiger partial charge is 0.466 e. The van der Waals surface area contributed by atoms with Gasteiger partial charge in [0, 0.05) is 12.8 Å². The van der Waals surface area contributed by atoms with E-state index in [0.29, 0.717) is 25.9 Å². The van der Waals surface area contributed by atoms with Crippen molar-refractivity contribution >= 4 is 11.9 Å². The van der Waals surface area contributed by atoms with Crippen molar-refractivity contribution < 1.29 is 24.5 Å². The fraction of sp³-hybridized carbons (Fsp3) is 0.930. The van der Waals surface area contributed by atoms with Crippen LogP contribution in [0, 0.1) is 0 Å². The molecule has 0 aromatic rings. The number of unbranched alkanes of at least 4 members (excludes halogenated alkanes) is 40. The number of amides is 1. The molecule has 0 aliphatic rings. The van der Waals surface area contributed by atoms with Crippen molar-refractivity contribution in [2.75, 3.05) is 13.2 Å². The van der Waals surface area contributed by atoms with Crippen LogP contribution in [0.2, 0.25) is 0 Å². The Kier molecular flexibility index (Phi) is 52.0. The molecule has 2 atom stereocenters. The predicted octanol–water partition coefficient (Wildman–Crippen LogP) is 17.3. The second kappa shape index (κ2) is 53.2. The second-order valence-corrected chi connectivity index (χ2v) is 19.6. The summed E-state index contributed by atoms with van der Waals surface area (Å²) in [6.45, 7) is 4.94. The Hall–Kier alpha value is -1.40. The Morgan fingerprint density at radius 2 is 0.746 bits per heavy atom. The average molecular weight is 891 g/mol. The van der Waals surface area contributed by atoms with Crippen molar-refractivity contribution in [1.29, 1.82) is 0 Å². The molecule has 0 aliphatic heterocycles. The van der Waals surface area contributed by atoms with Gasteiger partial charge in [-0.25, -0.2) is 0 Å². The SMILES string of the molecule is CCCCCCCC/C=C\CCCCCCCCCC(=O)OCCCCCCCCCCCCCCCCCCCCC(=O)NC(CO)C(O)CCCCCCCCCCCCC. The van der Waals surface area contributed by atoms with E-state index in [1.54, 1.807) is 0 Å². The van der Waals surface area contributed by atoms with Crippen LogP contribution in [0.15, 0.2) is 12.2 Å². The van der Waals surface area contributed by atoms with Gasteiger partial charge in [0.2, 0.25) is 5.91 Å². The summed E-state index contributed by atoms with van der Waals surface area (Å²) in [6, 6.07) is -0.542. The zero-order valence-electron chi connectivity index (χ0n) is 42.6. The van der Waals surface area contributed by atoms with Gasteiger partial charge >= 0.3 is 5.97 Å². The van der Waals surface area contributed by atoms with Gasteiger partial charge < -0.3 is 20.3 Å². The van der Waals surface area contributed by atoms with Crippen molar-refractivity contribution in [3.63, 3.8) is 0 Å². The van der Waals surface area contributed by atoms with E-state index in [2.05, 4.69) is 31.3 Å². The number of carbonyl (C=O) groups excluding carboxylic acids is 2. The molecule has 0 spiro atoms. The third kappa shape index (κ3) is 49.9. The van der Waals surface area contributed by atoms with Crippen LogP contribution < -0.4 is 5.32 Å². The number of hydrogen-bond donors (Lipinski definition) is 3. The molecule has 0 fully saturated rings. The molecule has 0 aliphatic carbocycles. The smallest absolute Gasteiger partial charge is 0.305 e.